The molecule has 1 atom stereocenters. The summed E-state index contributed by atoms with van der Waals surface area (Å²) in [5.41, 5.74) is 0. The van der Waals surface area contributed by atoms with E-state index >= 15 is 0 Å². The van der Waals surface area contributed by atoms with Crippen molar-refractivity contribution in [2.45, 2.75) is 84.5 Å². The average molecular weight is 236 g/mol. The molecule has 0 N–H and O–H groups in total. The summed E-state index contributed by atoms with van der Waals surface area (Å²) in [6, 6.07) is 0. The fourth-order valence-electron chi connectivity index (χ4n) is 4.38. The van der Waals surface area contributed by atoms with Crippen LogP contribution >= 0.6 is 0 Å². The summed E-state index contributed by atoms with van der Waals surface area (Å²) in [7, 11) is 0. The average Bonchev–Trinajstić information content (AvgIpc) is 2.81. The van der Waals surface area contributed by atoms with Crippen LogP contribution in [0.5, 0.6) is 0 Å². The lowest BCUT2D eigenvalue weighted by atomic mass is 9.75. The van der Waals surface area contributed by atoms with E-state index in [4.69, 9.17) is 0 Å². The van der Waals surface area contributed by atoms with Crippen molar-refractivity contribution in [1.82, 2.24) is 0 Å². The first-order valence-corrected chi connectivity index (χ1v) is 8.31. The van der Waals surface area contributed by atoms with E-state index in [9.17, 15) is 0 Å². The quantitative estimate of drug-likeness (QED) is 0.580. The Morgan fingerprint density at radius 1 is 0.765 bits per heavy atom. The van der Waals surface area contributed by atoms with Crippen molar-refractivity contribution in [2.75, 3.05) is 0 Å². The van der Waals surface area contributed by atoms with Gasteiger partial charge in [0.2, 0.25) is 0 Å². The third-order valence-electron chi connectivity index (χ3n) is 5.81. The van der Waals surface area contributed by atoms with Crippen LogP contribution < -0.4 is 0 Å². The Kier molecular flexibility index (Phi) is 5.38. The monoisotopic (exact) mass is 236 g/mol. The Hall–Kier alpha value is 0. The van der Waals surface area contributed by atoms with Crippen LogP contribution in [0.15, 0.2) is 0 Å². The van der Waals surface area contributed by atoms with Crippen LogP contribution in [0.25, 0.3) is 0 Å². The van der Waals surface area contributed by atoms with Crippen molar-refractivity contribution in [1.29, 1.82) is 0 Å². The van der Waals surface area contributed by atoms with Crippen LogP contribution in [0.1, 0.15) is 84.5 Å². The molecule has 2 rings (SSSR count). The molecule has 0 heteroatoms. The second-order valence-electron chi connectivity index (χ2n) is 6.81. The molecule has 0 aromatic heterocycles. The van der Waals surface area contributed by atoms with E-state index in [1.807, 2.05) is 0 Å². The van der Waals surface area contributed by atoms with E-state index in [1.54, 1.807) is 25.7 Å². The Morgan fingerprint density at radius 2 is 1.24 bits per heavy atom. The van der Waals surface area contributed by atoms with Crippen molar-refractivity contribution in [3.8, 4) is 0 Å². The zero-order chi connectivity index (χ0) is 12.1. The first-order chi connectivity index (χ1) is 8.31. The Morgan fingerprint density at radius 3 is 1.71 bits per heavy atom. The van der Waals surface area contributed by atoms with Gasteiger partial charge in [-0.05, 0) is 23.7 Å². The molecule has 2 saturated carbocycles. The Labute approximate surface area is 109 Å². The molecule has 0 saturated heterocycles. The molecule has 0 bridgehead atoms. The summed E-state index contributed by atoms with van der Waals surface area (Å²) in [4.78, 5) is 0. The van der Waals surface area contributed by atoms with Gasteiger partial charge in [-0.1, -0.05) is 84.5 Å². The zero-order valence-electron chi connectivity index (χ0n) is 12.1. The van der Waals surface area contributed by atoms with E-state index < -0.39 is 0 Å². The van der Waals surface area contributed by atoms with Crippen LogP contribution in [0, 0.1) is 23.7 Å². The van der Waals surface area contributed by atoms with E-state index in [-0.39, 0.29) is 0 Å². The molecule has 0 aromatic rings. The SMILES string of the molecule is CCC(C)C1CCCC(C2CCCC2)CCC1. The minimum atomic E-state index is 0.970. The van der Waals surface area contributed by atoms with Crippen LogP contribution in [-0.2, 0) is 0 Å². The van der Waals surface area contributed by atoms with Crippen molar-refractivity contribution < 1.29 is 0 Å². The highest BCUT2D eigenvalue weighted by molar-refractivity contribution is 4.79. The van der Waals surface area contributed by atoms with E-state index in [0.29, 0.717) is 0 Å². The summed E-state index contributed by atoms with van der Waals surface area (Å²) in [6.07, 6.45) is 16.8. The third-order valence-corrected chi connectivity index (χ3v) is 5.81. The molecule has 0 aromatic carbocycles. The molecular formula is C17H32. The van der Waals surface area contributed by atoms with Crippen molar-refractivity contribution in [3.63, 3.8) is 0 Å². The molecule has 2 aliphatic carbocycles. The van der Waals surface area contributed by atoms with Gasteiger partial charge in [-0.25, -0.2) is 0 Å². The second-order valence-corrected chi connectivity index (χ2v) is 6.81. The lowest BCUT2D eigenvalue weighted by Gasteiger charge is -2.30. The van der Waals surface area contributed by atoms with E-state index in [2.05, 4.69) is 13.8 Å². The molecule has 100 valence electrons. The maximum atomic E-state index is 2.47. The van der Waals surface area contributed by atoms with Gasteiger partial charge in [-0.3, -0.25) is 0 Å². The molecular weight excluding hydrogens is 204 g/mol. The van der Waals surface area contributed by atoms with Crippen LogP contribution in [0.4, 0.5) is 0 Å². The van der Waals surface area contributed by atoms with Crippen LogP contribution in [0.3, 0.4) is 0 Å². The van der Waals surface area contributed by atoms with Crippen molar-refractivity contribution >= 4 is 0 Å². The van der Waals surface area contributed by atoms with Gasteiger partial charge >= 0.3 is 0 Å². The summed E-state index contributed by atoms with van der Waals surface area (Å²) in [5, 5.41) is 0. The standard InChI is InChI=1S/C17H32/c1-3-14(2)15-10-6-12-17(13-7-11-15)16-8-4-5-9-16/h14-17H,3-13H2,1-2H3. The Bertz CT molecular complexity index is 192. The predicted octanol–water partition coefficient (Wildman–Crippen LogP) is 5.81. The van der Waals surface area contributed by atoms with Gasteiger partial charge in [0.25, 0.3) is 0 Å². The van der Waals surface area contributed by atoms with Gasteiger partial charge < -0.3 is 0 Å². The number of rotatable bonds is 3. The van der Waals surface area contributed by atoms with E-state index in [1.165, 1.54) is 44.9 Å². The highest BCUT2D eigenvalue weighted by Crippen LogP contribution is 2.40. The van der Waals surface area contributed by atoms with Gasteiger partial charge in [-0.2, -0.15) is 0 Å². The van der Waals surface area contributed by atoms with Gasteiger partial charge in [0.15, 0.2) is 0 Å². The summed E-state index contributed by atoms with van der Waals surface area (Å²) >= 11 is 0. The summed E-state index contributed by atoms with van der Waals surface area (Å²) < 4.78 is 0. The lowest BCUT2D eigenvalue weighted by molar-refractivity contribution is 0.212. The fourth-order valence-corrected chi connectivity index (χ4v) is 4.38. The molecule has 0 spiro atoms. The topological polar surface area (TPSA) is 0 Å². The molecule has 1 unspecified atom stereocenters. The zero-order valence-corrected chi connectivity index (χ0v) is 12.1. The Balaban J connectivity index is 1.78. The minimum Gasteiger partial charge on any atom is -0.0651 e. The molecule has 0 nitrogen and oxygen atoms in total. The molecule has 2 fully saturated rings. The summed E-state index contributed by atoms with van der Waals surface area (Å²) in [6.45, 7) is 4.84. The number of hydrogen-bond acceptors (Lipinski definition) is 0. The molecule has 0 heterocycles. The van der Waals surface area contributed by atoms with E-state index in [0.717, 1.165) is 23.7 Å². The fraction of sp³-hybridized carbons (Fsp3) is 1.00. The lowest BCUT2D eigenvalue weighted by Crippen LogP contribution is -2.18. The second kappa shape index (κ2) is 6.81. The first-order valence-electron chi connectivity index (χ1n) is 8.31. The number of hydrogen-bond donors (Lipinski definition) is 0. The summed E-state index contributed by atoms with van der Waals surface area (Å²) in [5.74, 6) is 4.24. The third kappa shape index (κ3) is 3.73. The predicted molar refractivity (Wildman–Crippen MR) is 76.1 cm³/mol. The van der Waals surface area contributed by atoms with Gasteiger partial charge in [0.05, 0.1) is 0 Å². The van der Waals surface area contributed by atoms with Gasteiger partial charge in [-0.15, -0.1) is 0 Å². The molecule has 0 aliphatic heterocycles. The van der Waals surface area contributed by atoms with Crippen LogP contribution in [0.2, 0.25) is 0 Å². The van der Waals surface area contributed by atoms with Gasteiger partial charge in [0, 0.05) is 0 Å². The first kappa shape index (κ1) is 13.4. The molecule has 2 aliphatic rings. The smallest absolute Gasteiger partial charge is 0.0386 e. The van der Waals surface area contributed by atoms with Crippen molar-refractivity contribution in [3.05, 3.63) is 0 Å². The maximum absolute atomic E-state index is 2.47. The van der Waals surface area contributed by atoms with Crippen molar-refractivity contribution in [2.24, 2.45) is 23.7 Å². The normalized spacial score (nSPS) is 34.2. The van der Waals surface area contributed by atoms with Crippen LogP contribution in [-0.4, -0.2) is 0 Å². The largest absolute Gasteiger partial charge is 0.0651 e. The minimum absolute atomic E-state index is 0.970. The highest BCUT2D eigenvalue weighted by atomic mass is 14.3. The maximum Gasteiger partial charge on any atom is -0.0386 e. The molecule has 0 amide bonds. The molecule has 0 radical (unpaired) electrons. The highest BCUT2D eigenvalue weighted by Gasteiger charge is 2.27. The molecule has 17 heavy (non-hydrogen) atoms. The van der Waals surface area contributed by atoms with Gasteiger partial charge in [0.1, 0.15) is 0 Å².